The van der Waals surface area contributed by atoms with Crippen LogP contribution in [0.1, 0.15) is 25.7 Å². The molecular formula is C21H44S28. The maximum atomic E-state index is 4.13. The zero-order chi connectivity index (χ0) is 35.2. The highest BCUT2D eigenvalue weighted by atomic mass is 33.8. The highest BCUT2D eigenvalue weighted by molar-refractivity contribution is 9.36. The highest BCUT2D eigenvalue weighted by Gasteiger charge is 2.00. The predicted molar refractivity (Wildman–Crippen MR) is 316 cm³/mol. The molecular weight excluding hydrogens is 1150 g/mol. The Kier molecular flexibility index (Phi) is 69.4. The summed E-state index contributed by atoms with van der Waals surface area (Å²) in [7, 11) is 49.0. The molecule has 296 valence electrons. The van der Waals surface area contributed by atoms with Crippen molar-refractivity contribution in [1.82, 2.24) is 0 Å². The van der Waals surface area contributed by atoms with Crippen LogP contribution in [0.25, 0.3) is 0 Å². The molecule has 0 amide bonds. The summed E-state index contributed by atoms with van der Waals surface area (Å²) < 4.78 is 0. The van der Waals surface area contributed by atoms with E-state index in [9.17, 15) is 0 Å². The van der Waals surface area contributed by atoms with Crippen molar-refractivity contribution >= 4 is 299 Å². The predicted octanol–water partition coefficient (Wildman–Crippen LogP) is 20.3. The number of hydrogen-bond donors (Lipinski definition) is 1. The van der Waals surface area contributed by atoms with Crippen molar-refractivity contribution in [2.45, 2.75) is 25.7 Å². The first-order valence-corrected chi connectivity index (χ1v) is 48.9. The standard InChI is InChI=1S/C21H44S28/c1-23-6-4-2-3-5-7-24-8-9-31-47-49-48-43-20-37-30-15-14-29-35-18-40-45-39-17-34-27-12-10-25-32-16-33-26-11-13-28-36-19-41-46-42-21-38-44-22/h22H,2-21H2,1H3. The molecule has 49 heavy (non-hydrogen) atoms. The smallest absolute Gasteiger partial charge is 0.0616 e. The van der Waals surface area contributed by atoms with E-state index in [4.69, 9.17) is 0 Å². The molecule has 0 atom stereocenters. The lowest BCUT2D eigenvalue weighted by molar-refractivity contribution is 0.711. The third-order valence-corrected chi connectivity index (χ3v) is 45.2. The molecule has 0 fully saturated rings. The van der Waals surface area contributed by atoms with Crippen molar-refractivity contribution in [1.29, 1.82) is 0 Å². The lowest BCUT2D eigenvalue weighted by atomic mass is 10.2. The summed E-state index contributed by atoms with van der Waals surface area (Å²) in [4.78, 5) is 0. The van der Waals surface area contributed by atoms with Crippen LogP contribution in [-0.4, -0.2) is 94.3 Å². The molecule has 0 aromatic carbocycles. The molecule has 0 N–H and O–H groups in total. The van der Waals surface area contributed by atoms with Gasteiger partial charge in [0.2, 0.25) is 0 Å². The van der Waals surface area contributed by atoms with Gasteiger partial charge in [0.05, 0.1) is 30.5 Å². The monoisotopic (exact) mass is 1190 g/mol. The zero-order valence-electron chi connectivity index (χ0n) is 26.6. The fourth-order valence-corrected chi connectivity index (χ4v) is 45.6. The van der Waals surface area contributed by atoms with Crippen LogP contribution < -0.4 is 0 Å². The van der Waals surface area contributed by atoms with Crippen molar-refractivity contribution in [3.05, 3.63) is 0 Å². The zero-order valence-corrected chi connectivity index (χ0v) is 49.6. The number of thiol groups is 1. The highest BCUT2D eigenvalue weighted by Crippen LogP contribution is 2.50. The Balaban J connectivity index is 3.04. The Morgan fingerprint density at radius 1 is 0.286 bits per heavy atom. The third-order valence-electron chi connectivity index (χ3n) is 3.92. The summed E-state index contributed by atoms with van der Waals surface area (Å²) >= 11 is 8.24. The van der Waals surface area contributed by atoms with Gasteiger partial charge in [0.25, 0.3) is 0 Å². The molecule has 28 heteroatoms. The van der Waals surface area contributed by atoms with E-state index < -0.39 is 0 Å². The Labute approximate surface area is 411 Å². The average molecular weight is 1190 g/mol. The van der Waals surface area contributed by atoms with E-state index in [-0.39, 0.29) is 0 Å². The molecule has 0 unspecified atom stereocenters. The molecule has 0 bridgehead atoms. The normalized spacial score (nSPS) is 11.6. The van der Waals surface area contributed by atoms with Gasteiger partial charge in [0.1, 0.15) is 0 Å². The molecule has 0 aromatic heterocycles. The van der Waals surface area contributed by atoms with E-state index in [0.717, 1.165) is 10.2 Å². The fourth-order valence-electron chi connectivity index (χ4n) is 2.15. The second kappa shape index (κ2) is 57.8. The van der Waals surface area contributed by atoms with Crippen LogP contribution in [0.15, 0.2) is 0 Å². The molecule has 0 aromatic rings. The molecule has 0 saturated carbocycles. The summed E-state index contributed by atoms with van der Waals surface area (Å²) in [6.07, 6.45) is 7.84. The summed E-state index contributed by atoms with van der Waals surface area (Å²) in [5, 5.41) is 6.95. The number of thioether (sulfide) groups is 2. The lowest BCUT2D eigenvalue weighted by Gasteiger charge is -2.03. The van der Waals surface area contributed by atoms with E-state index in [1.54, 1.807) is 20.6 Å². The molecule has 0 saturated heterocycles. The van der Waals surface area contributed by atoms with Gasteiger partial charge in [-0.1, -0.05) is 230 Å². The summed E-state index contributed by atoms with van der Waals surface area (Å²) in [6.45, 7) is 0. The second-order valence-corrected chi connectivity index (χ2v) is 46.7. The van der Waals surface area contributed by atoms with Gasteiger partial charge in [-0.3, -0.25) is 0 Å². The lowest BCUT2D eigenvalue weighted by Crippen LogP contribution is -1.87. The van der Waals surface area contributed by atoms with Crippen LogP contribution in [0.3, 0.4) is 0 Å². The third kappa shape index (κ3) is 57.8. The van der Waals surface area contributed by atoms with Crippen LogP contribution in [-0.2, 0) is 0 Å². The van der Waals surface area contributed by atoms with Gasteiger partial charge >= 0.3 is 0 Å². The van der Waals surface area contributed by atoms with Gasteiger partial charge < -0.3 is 0 Å². The molecule has 0 nitrogen and oxygen atoms in total. The van der Waals surface area contributed by atoms with Gasteiger partial charge in [-0.2, -0.15) is 23.5 Å². The van der Waals surface area contributed by atoms with Crippen molar-refractivity contribution < 1.29 is 0 Å². The Morgan fingerprint density at radius 2 is 0.653 bits per heavy atom. The minimum Gasteiger partial charge on any atom is -0.165 e. The number of hydrogen-bond acceptors (Lipinski definition) is 28. The molecule has 0 rings (SSSR count). The van der Waals surface area contributed by atoms with Crippen molar-refractivity contribution in [3.8, 4) is 0 Å². The summed E-state index contributed by atoms with van der Waals surface area (Å²) in [5.74, 6) is 12.7. The maximum Gasteiger partial charge on any atom is 0.0616 e. The molecule has 0 heterocycles. The van der Waals surface area contributed by atoms with E-state index in [2.05, 4.69) is 29.7 Å². The summed E-state index contributed by atoms with van der Waals surface area (Å²) in [5.41, 5.74) is 0. The van der Waals surface area contributed by atoms with Crippen molar-refractivity contribution in [3.63, 3.8) is 0 Å². The van der Waals surface area contributed by atoms with Crippen LogP contribution in [0.5, 0.6) is 0 Å². The van der Waals surface area contributed by atoms with Gasteiger partial charge in [-0.25, -0.2) is 0 Å². The summed E-state index contributed by atoms with van der Waals surface area (Å²) in [6, 6.07) is 0. The second-order valence-electron chi connectivity index (χ2n) is 7.31. The molecule has 0 spiro atoms. The SMILES string of the molecule is CSCCCCCCSCCSSSSSCSSCCSSCSSSCSSCCSSCSSCCSSCSSSCSSS. The van der Waals surface area contributed by atoms with Crippen LogP contribution >= 0.6 is 299 Å². The van der Waals surface area contributed by atoms with Gasteiger partial charge in [0, 0.05) is 46.0 Å². The largest absolute Gasteiger partial charge is 0.165 e. The first-order valence-electron chi connectivity index (χ1n) is 13.9. The molecule has 0 aliphatic carbocycles. The minimum absolute atomic E-state index is 1.10. The van der Waals surface area contributed by atoms with Gasteiger partial charge in [-0.15, -0.1) is 0 Å². The topological polar surface area (TPSA) is 0 Å². The number of rotatable bonds is 46. The van der Waals surface area contributed by atoms with Crippen LogP contribution in [0.2, 0.25) is 0 Å². The maximum absolute atomic E-state index is 4.13. The Bertz CT molecular complexity index is 524. The van der Waals surface area contributed by atoms with Crippen LogP contribution in [0.4, 0.5) is 0 Å². The van der Waals surface area contributed by atoms with Crippen molar-refractivity contribution in [2.75, 3.05) is 94.3 Å². The average Bonchev–Trinajstić information content (AvgIpc) is 3.11. The fraction of sp³-hybridized carbons (Fsp3) is 1.00. The van der Waals surface area contributed by atoms with E-state index in [0.29, 0.717) is 0 Å². The first-order chi connectivity index (χ1) is 24.4. The quantitative estimate of drug-likeness (QED) is 0.0266. The molecule has 0 aliphatic rings. The Morgan fingerprint density at radius 3 is 1.10 bits per heavy atom. The van der Waals surface area contributed by atoms with Gasteiger partial charge in [0.15, 0.2) is 0 Å². The minimum atomic E-state index is 1.10. The Hall–Kier alpha value is 9.80. The van der Waals surface area contributed by atoms with Gasteiger partial charge in [-0.05, 0) is 89.6 Å². The van der Waals surface area contributed by atoms with E-state index >= 15 is 0 Å². The van der Waals surface area contributed by atoms with Crippen molar-refractivity contribution in [2.24, 2.45) is 0 Å². The van der Waals surface area contributed by atoms with E-state index in [1.165, 1.54) is 104 Å². The molecule has 0 aliphatic heterocycles. The van der Waals surface area contributed by atoms with E-state index in [1.807, 2.05) is 255 Å². The molecule has 0 radical (unpaired) electrons. The van der Waals surface area contributed by atoms with Crippen LogP contribution in [0, 0.1) is 0 Å². The first kappa shape index (κ1) is 58.8. The number of unbranched alkanes of at least 4 members (excludes halogenated alkanes) is 3.